The number of phosphoric acid groups is 1. The molecule has 0 bridgehead atoms. The van der Waals surface area contributed by atoms with Crippen LogP contribution in [0.3, 0.4) is 0 Å². The smallest absolute Gasteiger partial charge is 0.387 e. The van der Waals surface area contributed by atoms with Gasteiger partial charge in [0, 0.05) is 6.42 Å². The highest BCUT2D eigenvalue weighted by atomic mass is 31.2. The minimum atomic E-state index is -4.35. The highest BCUT2D eigenvalue weighted by Crippen LogP contribution is 2.43. The summed E-state index contributed by atoms with van der Waals surface area (Å²) in [6.45, 7) is 4.79. The lowest BCUT2D eigenvalue weighted by molar-refractivity contribution is -0.870. The Labute approximate surface area is 403 Å². The van der Waals surface area contributed by atoms with Crippen molar-refractivity contribution in [2.75, 3.05) is 40.9 Å². The van der Waals surface area contributed by atoms with Gasteiger partial charge >= 0.3 is 7.82 Å². The first kappa shape index (κ1) is 63.5. The molecule has 3 N–H and O–H groups in total. The van der Waals surface area contributed by atoms with E-state index in [0.717, 1.165) is 38.5 Å². The van der Waals surface area contributed by atoms with Gasteiger partial charge in [0.1, 0.15) is 13.2 Å². The fraction of sp³-hybridized carbons (Fsp3) is 0.839. The Morgan fingerprint density at radius 2 is 0.892 bits per heavy atom. The van der Waals surface area contributed by atoms with Crippen molar-refractivity contribution in [2.45, 2.75) is 264 Å². The molecule has 8 nitrogen and oxygen atoms in total. The number of quaternary nitrogens is 1. The van der Waals surface area contributed by atoms with Crippen LogP contribution in [0.5, 0.6) is 0 Å². The molecule has 382 valence electrons. The molecule has 0 saturated heterocycles. The molecule has 0 saturated carbocycles. The number of phosphoric ester groups is 1. The molecule has 0 spiro atoms. The average molecular weight is 936 g/mol. The van der Waals surface area contributed by atoms with Crippen molar-refractivity contribution in [3.8, 4) is 0 Å². The van der Waals surface area contributed by atoms with Crippen LogP contribution in [0.15, 0.2) is 48.6 Å². The quantitative estimate of drug-likeness (QED) is 0.0184. The lowest BCUT2D eigenvalue weighted by Gasteiger charge is -2.25. The Kier molecular flexibility index (Phi) is 46.4. The third-order valence-electron chi connectivity index (χ3n) is 12.3. The number of rotatable bonds is 50. The molecule has 65 heavy (non-hydrogen) atoms. The minimum Gasteiger partial charge on any atom is -0.387 e. The van der Waals surface area contributed by atoms with E-state index in [1.807, 2.05) is 27.2 Å². The Balaban J connectivity index is 4.30. The first-order valence-electron chi connectivity index (χ1n) is 27.5. The lowest BCUT2D eigenvalue weighted by atomic mass is 10.0. The number of amides is 1. The number of aliphatic hydroxyl groups excluding tert-OH is 1. The zero-order chi connectivity index (χ0) is 47.8. The molecule has 0 fully saturated rings. The van der Waals surface area contributed by atoms with Gasteiger partial charge in [-0.3, -0.25) is 13.8 Å². The van der Waals surface area contributed by atoms with E-state index in [9.17, 15) is 19.4 Å². The summed E-state index contributed by atoms with van der Waals surface area (Å²) >= 11 is 0. The Morgan fingerprint density at radius 3 is 1.35 bits per heavy atom. The van der Waals surface area contributed by atoms with E-state index < -0.39 is 20.0 Å². The molecule has 0 heterocycles. The van der Waals surface area contributed by atoms with Gasteiger partial charge in [-0.2, -0.15) is 0 Å². The third kappa shape index (κ3) is 50.2. The van der Waals surface area contributed by atoms with Crippen LogP contribution in [0.2, 0.25) is 0 Å². The number of hydrogen-bond acceptors (Lipinski definition) is 5. The molecule has 0 aliphatic heterocycles. The highest BCUT2D eigenvalue weighted by Gasteiger charge is 2.27. The van der Waals surface area contributed by atoms with Gasteiger partial charge in [-0.25, -0.2) is 4.57 Å². The molecule has 0 aliphatic carbocycles. The second-order valence-corrected chi connectivity index (χ2v) is 21.4. The van der Waals surface area contributed by atoms with Crippen molar-refractivity contribution in [3.05, 3.63) is 48.6 Å². The molecule has 0 aliphatic rings. The fourth-order valence-electron chi connectivity index (χ4n) is 7.93. The van der Waals surface area contributed by atoms with Gasteiger partial charge in [0.05, 0.1) is 39.9 Å². The second-order valence-electron chi connectivity index (χ2n) is 20.0. The zero-order valence-electron chi connectivity index (χ0n) is 43.5. The van der Waals surface area contributed by atoms with Crippen LogP contribution < -0.4 is 5.32 Å². The predicted octanol–water partition coefficient (Wildman–Crippen LogP) is 16.4. The number of nitrogens with zero attached hydrogens (tertiary/aromatic N) is 1. The summed E-state index contributed by atoms with van der Waals surface area (Å²) in [6.07, 6.45) is 62.0. The standard InChI is InChI=1S/C56H107N2O6P/c1-6-8-10-12-14-16-18-20-22-24-26-27-28-29-30-32-33-35-37-39-41-43-45-47-49-55(59)54(53-64-65(61,62)63-52-51-58(3,4)5)57-56(60)50-48-46-44-42-40-38-36-34-31-25-23-21-19-17-15-13-11-9-7-2/h15,17,19,21,39,41,47,49,54-55,59H,6-14,16,18,20,22-38,40,42-46,48,50-53H2,1-5H3,(H-,57,60,61,62)/p+1/b17-15-,21-19-,41-39+,49-47+. The van der Waals surface area contributed by atoms with E-state index in [4.69, 9.17) is 9.05 Å². The minimum absolute atomic E-state index is 0.0548. The number of unbranched alkanes of at least 4 members (excludes halogenated alkanes) is 32. The summed E-state index contributed by atoms with van der Waals surface area (Å²) < 4.78 is 23.7. The maximum atomic E-state index is 12.9. The average Bonchev–Trinajstić information content (AvgIpc) is 3.26. The molecule has 0 aromatic carbocycles. The van der Waals surface area contributed by atoms with E-state index in [0.29, 0.717) is 17.4 Å². The molecule has 1 amide bonds. The van der Waals surface area contributed by atoms with Gasteiger partial charge in [0.15, 0.2) is 0 Å². The van der Waals surface area contributed by atoms with Gasteiger partial charge in [0.25, 0.3) is 0 Å². The molecule has 0 aromatic rings. The molecule has 3 atom stereocenters. The van der Waals surface area contributed by atoms with Crippen LogP contribution in [0, 0.1) is 0 Å². The fourth-order valence-corrected chi connectivity index (χ4v) is 8.67. The number of carbonyl (C=O) groups is 1. The number of carbonyl (C=O) groups excluding carboxylic acids is 1. The molecule has 3 unspecified atom stereocenters. The summed E-state index contributed by atoms with van der Waals surface area (Å²) in [4.78, 5) is 23.3. The summed E-state index contributed by atoms with van der Waals surface area (Å²) in [5, 5.41) is 13.9. The van der Waals surface area contributed by atoms with Crippen molar-refractivity contribution in [2.24, 2.45) is 0 Å². The summed E-state index contributed by atoms with van der Waals surface area (Å²) in [6, 6.07) is -0.866. The van der Waals surface area contributed by atoms with E-state index in [-0.39, 0.29) is 19.1 Å². The number of nitrogens with one attached hydrogen (secondary N) is 1. The van der Waals surface area contributed by atoms with Crippen molar-refractivity contribution in [1.82, 2.24) is 5.32 Å². The Hall–Kier alpha value is -1.54. The molecule has 0 rings (SSSR count). The molecular formula is C56H108N2O6P+. The number of aliphatic hydroxyl groups is 1. The van der Waals surface area contributed by atoms with Crippen LogP contribution in [-0.2, 0) is 18.4 Å². The topological polar surface area (TPSA) is 105 Å². The van der Waals surface area contributed by atoms with Gasteiger partial charge in [-0.15, -0.1) is 0 Å². The van der Waals surface area contributed by atoms with Crippen molar-refractivity contribution >= 4 is 13.7 Å². The maximum absolute atomic E-state index is 12.9. The lowest BCUT2D eigenvalue weighted by Crippen LogP contribution is -2.45. The van der Waals surface area contributed by atoms with E-state index in [1.165, 1.54) is 193 Å². The summed E-state index contributed by atoms with van der Waals surface area (Å²) in [5.74, 6) is -0.190. The SMILES string of the molecule is CCCCC/C=C\C=C/CCCCCCCCCCCCC(=O)NC(COP(=O)(O)OCC[N+](C)(C)C)C(O)/C=C/CC/C=C/CCCCCCCCCCCCCCCCCCCC. The maximum Gasteiger partial charge on any atom is 0.472 e. The predicted molar refractivity (Wildman–Crippen MR) is 281 cm³/mol. The van der Waals surface area contributed by atoms with Crippen LogP contribution in [0.25, 0.3) is 0 Å². The van der Waals surface area contributed by atoms with Crippen molar-refractivity contribution < 1.29 is 32.9 Å². The van der Waals surface area contributed by atoms with Gasteiger partial charge in [0.2, 0.25) is 5.91 Å². The number of likely N-dealkylation sites (N-methyl/N-ethyl adjacent to an activating group) is 1. The first-order chi connectivity index (χ1) is 31.5. The van der Waals surface area contributed by atoms with Gasteiger partial charge in [-0.05, 0) is 57.8 Å². The summed E-state index contributed by atoms with van der Waals surface area (Å²) in [7, 11) is 1.55. The van der Waals surface area contributed by atoms with Crippen molar-refractivity contribution in [3.63, 3.8) is 0 Å². The van der Waals surface area contributed by atoms with Gasteiger partial charge in [-0.1, -0.05) is 236 Å². The molecule has 0 aromatic heterocycles. The van der Waals surface area contributed by atoms with Crippen LogP contribution >= 0.6 is 7.82 Å². The van der Waals surface area contributed by atoms with E-state index in [2.05, 4.69) is 55.6 Å². The first-order valence-corrected chi connectivity index (χ1v) is 29.0. The van der Waals surface area contributed by atoms with Crippen LogP contribution in [-0.4, -0.2) is 73.4 Å². The van der Waals surface area contributed by atoms with Crippen LogP contribution in [0.1, 0.15) is 251 Å². The molecular weight excluding hydrogens is 828 g/mol. The van der Waals surface area contributed by atoms with Gasteiger partial charge < -0.3 is 19.8 Å². The second kappa shape index (κ2) is 47.5. The largest absolute Gasteiger partial charge is 0.472 e. The molecule has 9 heteroatoms. The number of hydrogen-bond donors (Lipinski definition) is 3. The Morgan fingerprint density at radius 1 is 0.523 bits per heavy atom. The molecule has 0 radical (unpaired) electrons. The van der Waals surface area contributed by atoms with E-state index in [1.54, 1.807) is 6.08 Å². The third-order valence-corrected chi connectivity index (χ3v) is 13.3. The van der Waals surface area contributed by atoms with E-state index >= 15 is 0 Å². The number of allylic oxidation sites excluding steroid dienone is 7. The monoisotopic (exact) mass is 936 g/mol. The van der Waals surface area contributed by atoms with Crippen LogP contribution in [0.4, 0.5) is 0 Å². The Bertz CT molecular complexity index is 1200. The summed E-state index contributed by atoms with van der Waals surface area (Å²) in [5.41, 5.74) is 0. The zero-order valence-corrected chi connectivity index (χ0v) is 44.4. The highest BCUT2D eigenvalue weighted by molar-refractivity contribution is 7.47. The normalized spacial score (nSPS) is 14.4. The van der Waals surface area contributed by atoms with Crippen molar-refractivity contribution in [1.29, 1.82) is 0 Å².